The number of unbranched alkanes of at least 4 members (excludes halogenated alkanes) is 2. The lowest BCUT2D eigenvalue weighted by Gasteiger charge is -2.20. The van der Waals surface area contributed by atoms with E-state index in [0.29, 0.717) is 25.8 Å². The highest BCUT2D eigenvalue weighted by molar-refractivity contribution is 5.83. The summed E-state index contributed by atoms with van der Waals surface area (Å²) < 4.78 is 5.51. The summed E-state index contributed by atoms with van der Waals surface area (Å²) in [6.45, 7) is 4.45. The van der Waals surface area contributed by atoms with E-state index in [1.807, 2.05) is 38.1 Å². The van der Waals surface area contributed by atoms with E-state index in [2.05, 4.69) is 34.9 Å². The van der Waals surface area contributed by atoms with Crippen LogP contribution in [0.1, 0.15) is 63.0 Å². The zero-order valence-corrected chi connectivity index (χ0v) is 19.9. The molecule has 2 aromatic carbocycles. The Morgan fingerprint density at radius 3 is 2.18 bits per heavy atom. The van der Waals surface area contributed by atoms with E-state index in [1.165, 1.54) is 22.3 Å². The maximum Gasteiger partial charge on any atom is 0.407 e. The topological polar surface area (TPSA) is 105 Å². The van der Waals surface area contributed by atoms with Crippen LogP contribution in [0.3, 0.4) is 0 Å². The molecule has 182 valence electrons. The first-order valence-corrected chi connectivity index (χ1v) is 12.0. The third-order valence-corrected chi connectivity index (χ3v) is 6.49. The van der Waals surface area contributed by atoms with Gasteiger partial charge in [-0.1, -0.05) is 75.2 Å². The lowest BCUT2D eigenvalue weighted by atomic mass is 9.98. The lowest BCUT2D eigenvalue weighted by molar-refractivity contribution is -0.143. The van der Waals surface area contributed by atoms with E-state index >= 15 is 0 Å². The van der Waals surface area contributed by atoms with Crippen molar-refractivity contribution >= 4 is 18.0 Å². The van der Waals surface area contributed by atoms with Gasteiger partial charge in [0.2, 0.25) is 5.91 Å². The summed E-state index contributed by atoms with van der Waals surface area (Å²) in [5.74, 6) is -1.35. The fraction of sp³-hybridized carbons (Fsp3) is 0.444. The van der Waals surface area contributed by atoms with Crippen LogP contribution < -0.4 is 10.6 Å². The van der Waals surface area contributed by atoms with Gasteiger partial charge >= 0.3 is 12.1 Å². The number of hydrogen-bond acceptors (Lipinski definition) is 4. The van der Waals surface area contributed by atoms with Crippen molar-refractivity contribution in [3.8, 4) is 11.1 Å². The van der Waals surface area contributed by atoms with E-state index in [-0.39, 0.29) is 30.8 Å². The number of nitrogens with one attached hydrogen (secondary N) is 2. The van der Waals surface area contributed by atoms with Crippen LogP contribution in [-0.2, 0) is 14.3 Å². The number of ether oxygens (including phenoxy) is 1. The lowest BCUT2D eigenvalue weighted by Crippen LogP contribution is -2.44. The van der Waals surface area contributed by atoms with Crippen LogP contribution in [0.4, 0.5) is 4.79 Å². The van der Waals surface area contributed by atoms with Crippen LogP contribution >= 0.6 is 0 Å². The van der Waals surface area contributed by atoms with Crippen molar-refractivity contribution < 1.29 is 24.2 Å². The molecule has 1 unspecified atom stereocenters. The predicted octanol–water partition coefficient (Wildman–Crippen LogP) is 4.70. The summed E-state index contributed by atoms with van der Waals surface area (Å²) in [7, 11) is 0. The Kier molecular flexibility index (Phi) is 9.08. The number of carboxylic acid groups (broad SMARTS) is 1. The predicted molar refractivity (Wildman–Crippen MR) is 131 cm³/mol. The Hall–Kier alpha value is -3.35. The Bertz CT molecular complexity index is 961. The van der Waals surface area contributed by atoms with Crippen molar-refractivity contribution in [2.75, 3.05) is 13.2 Å². The van der Waals surface area contributed by atoms with E-state index in [0.717, 1.165) is 6.42 Å². The molecular formula is C27H34N2O5. The number of amides is 2. The molecule has 3 N–H and O–H groups in total. The molecule has 0 saturated carbocycles. The number of hydrogen-bond donors (Lipinski definition) is 3. The molecule has 0 bridgehead atoms. The number of fused-ring (bicyclic) bond motifs is 3. The third-order valence-electron chi connectivity index (χ3n) is 6.49. The standard InChI is InChI=1S/C27H34N2O5/c1-3-18(2)25(26(31)32)29-24(30)15-5-4-10-16-28-27(33)34-17-23-21-13-8-6-11-19(21)20-12-7-9-14-22(20)23/h6-9,11-14,18,23,25H,3-5,10,15-17H2,1-2H3,(H,28,33)(H,29,30)(H,31,32)/t18?,25-/m0/s1. The molecule has 0 aliphatic heterocycles. The quantitative estimate of drug-likeness (QED) is 0.393. The number of carbonyl (C=O) groups is 3. The minimum atomic E-state index is -1.00. The van der Waals surface area contributed by atoms with Gasteiger partial charge < -0.3 is 20.5 Å². The Morgan fingerprint density at radius 1 is 0.971 bits per heavy atom. The number of carboxylic acids is 1. The number of rotatable bonds is 12. The Labute approximate surface area is 200 Å². The zero-order chi connectivity index (χ0) is 24.5. The summed E-state index contributed by atoms with van der Waals surface area (Å²) in [6.07, 6.45) is 2.59. The average Bonchev–Trinajstić information content (AvgIpc) is 3.16. The van der Waals surface area contributed by atoms with Crippen molar-refractivity contribution in [2.24, 2.45) is 5.92 Å². The van der Waals surface area contributed by atoms with Gasteiger partial charge in [-0.05, 0) is 41.0 Å². The van der Waals surface area contributed by atoms with Crippen LogP contribution in [0.25, 0.3) is 11.1 Å². The van der Waals surface area contributed by atoms with Crippen molar-refractivity contribution in [1.82, 2.24) is 10.6 Å². The van der Waals surface area contributed by atoms with Crippen molar-refractivity contribution in [2.45, 2.75) is 57.9 Å². The van der Waals surface area contributed by atoms with Gasteiger partial charge in [0, 0.05) is 18.9 Å². The summed E-state index contributed by atoms with van der Waals surface area (Å²) in [6, 6.07) is 15.6. The third kappa shape index (κ3) is 6.37. The van der Waals surface area contributed by atoms with Gasteiger partial charge in [0.15, 0.2) is 0 Å². The molecule has 0 aromatic heterocycles. The molecule has 0 fully saturated rings. The smallest absolute Gasteiger partial charge is 0.407 e. The summed E-state index contributed by atoms with van der Waals surface area (Å²) in [5.41, 5.74) is 4.73. The van der Waals surface area contributed by atoms with Gasteiger partial charge in [0.25, 0.3) is 0 Å². The number of carbonyl (C=O) groups excluding carboxylic acids is 2. The highest BCUT2D eigenvalue weighted by Crippen LogP contribution is 2.44. The zero-order valence-electron chi connectivity index (χ0n) is 19.9. The number of alkyl carbamates (subject to hydrolysis) is 1. The maximum absolute atomic E-state index is 12.2. The average molecular weight is 467 g/mol. The van der Waals surface area contributed by atoms with Crippen LogP contribution in [0.2, 0.25) is 0 Å². The molecule has 0 heterocycles. The molecule has 7 heteroatoms. The largest absolute Gasteiger partial charge is 0.480 e. The number of aliphatic carboxylic acids is 1. The van der Waals surface area contributed by atoms with Crippen molar-refractivity contribution in [3.63, 3.8) is 0 Å². The molecule has 1 aliphatic rings. The molecule has 2 atom stereocenters. The monoisotopic (exact) mass is 466 g/mol. The molecular weight excluding hydrogens is 432 g/mol. The van der Waals surface area contributed by atoms with E-state index < -0.39 is 18.1 Å². The molecule has 3 rings (SSSR count). The molecule has 34 heavy (non-hydrogen) atoms. The van der Waals surface area contributed by atoms with Crippen LogP contribution in [0.5, 0.6) is 0 Å². The van der Waals surface area contributed by atoms with Crippen molar-refractivity contribution in [3.05, 3.63) is 59.7 Å². The molecule has 2 amide bonds. The molecule has 1 aliphatic carbocycles. The van der Waals surface area contributed by atoms with Crippen molar-refractivity contribution in [1.29, 1.82) is 0 Å². The maximum atomic E-state index is 12.2. The van der Waals surface area contributed by atoms with Gasteiger partial charge in [0.1, 0.15) is 12.6 Å². The Balaban J connectivity index is 1.34. The fourth-order valence-electron chi connectivity index (χ4n) is 4.36. The molecule has 2 aromatic rings. The Morgan fingerprint density at radius 2 is 1.59 bits per heavy atom. The van der Waals surface area contributed by atoms with E-state index in [1.54, 1.807) is 0 Å². The first-order chi connectivity index (χ1) is 16.4. The van der Waals surface area contributed by atoms with Gasteiger partial charge in [0.05, 0.1) is 0 Å². The molecule has 0 radical (unpaired) electrons. The van der Waals surface area contributed by atoms with Gasteiger partial charge in [-0.2, -0.15) is 0 Å². The van der Waals surface area contributed by atoms with Gasteiger partial charge in [-0.25, -0.2) is 9.59 Å². The van der Waals surface area contributed by atoms with Gasteiger partial charge in [-0.15, -0.1) is 0 Å². The van der Waals surface area contributed by atoms with E-state index in [4.69, 9.17) is 4.74 Å². The molecule has 0 saturated heterocycles. The second kappa shape index (κ2) is 12.2. The molecule has 0 spiro atoms. The highest BCUT2D eigenvalue weighted by atomic mass is 16.5. The summed E-state index contributed by atoms with van der Waals surface area (Å²) in [5, 5.41) is 14.6. The highest BCUT2D eigenvalue weighted by Gasteiger charge is 2.29. The second-order valence-corrected chi connectivity index (χ2v) is 8.83. The summed E-state index contributed by atoms with van der Waals surface area (Å²) >= 11 is 0. The minimum absolute atomic E-state index is 0.0294. The second-order valence-electron chi connectivity index (χ2n) is 8.83. The van der Waals surface area contributed by atoms with E-state index in [9.17, 15) is 19.5 Å². The minimum Gasteiger partial charge on any atom is -0.480 e. The summed E-state index contributed by atoms with van der Waals surface area (Å²) in [4.78, 5) is 35.5. The molecule has 7 nitrogen and oxygen atoms in total. The SMILES string of the molecule is CCC(C)[C@H](NC(=O)CCCCCNC(=O)OCC1c2ccccc2-c2ccccc21)C(=O)O. The van der Waals surface area contributed by atoms with Gasteiger partial charge in [-0.3, -0.25) is 4.79 Å². The first kappa shape index (κ1) is 25.3. The van der Waals surface area contributed by atoms with Crippen LogP contribution in [0.15, 0.2) is 48.5 Å². The van der Waals surface area contributed by atoms with Crippen LogP contribution in [-0.4, -0.2) is 42.3 Å². The number of benzene rings is 2. The fourth-order valence-corrected chi connectivity index (χ4v) is 4.36. The normalized spacial score (nSPS) is 13.9. The van der Waals surface area contributed by atoms with Crippen LogP contribution in [0, 0.1) is 5.92 Å². The first-order valence-electron chi connectivity index (χ1n) is 12.0.